The number of esters is 2. The average molecular weight is 778 g/mol. The van der Waals surface area contributed by atoms with Crippen LogP contribution in [0.1, 0.15) is 136 Å². The van der Waals surface area contributed by atoms with Crippen LogP contribution >= 0.6 is 7.82 Å². The maximum absolute atomic E-state index is 12.5. The van der Waals surface area contributed by atoms with E-state index < -0.39 is 38.6 Å². The molecule has 0 rings (SSSR count). The van der Waals surface area contributed by atoms with Gasteiger partial charge in [0, 0.05) is 19.4 Å². The van der Waals surface area contributed by atoms with Crippen LogP contribution in [0.25, 0.3) is 0 Å². The Morgan fingerprint density at radius 3 is 1.96 bits per heavy atom. The summed E-state index contributed by atoms with van der Waals surface area (Å²) in [5, 5.41) is 10.0. The van der Waals surface area contributed by atoms with Crippen molar-refractivity contribution in [2.45, 2.75) is 148 Å². The van der Waals surface area contributed by atoms with Crippen LogP contribution in [0, 0.1) is 0 Å². The van der Waals surface area contributed by atoms with E-state index in [1.807, 2.05) is 36.5 Å². The van der Waals surface area contributed by atoms with E-state index in [9.17, 15) is 24.2 Å². The van der Waals surface area contributed by atoms with Crippen molar-refractivity contribution in [2.24, 2.45) is 5.73 Å². The second kappa shape index (κ2) is 38.4. The summed E-state index contributed by atoms with van der Waals surface area (Å²) in [6.07, 6.45) is 43.6. The Morgan fingerprint density at radius 2 is 1.26 bits per heavy atom. The molecule has 0 aliphatic heterocycles. The van der Waals surface area contributed by atoms with Gasteiger partial charge in [-0.15, -0.1) is 0 Å². The molecule has 0 bridgehead atoms. The first-order chi connectivity index (χ1) is 26.2. The molecule has 0 aliphatic carbocycles. The van der Waals surface area contributed by atoms with Gasteiger partial charge in [-0.3, -0.25) is 18.6 Å². The molecule has 308 valence electrons. The Bertz CT molecular complexity index is 1180. The monoisotopic (exact) mass is 777 g/mol. The number of allylic oxidation sites excluding steroid dienone is 12. The van der Waals surface area contributed by atoms with Crippen LogP contribution in [0.2, 0.25) is 0 Å². The van der Waals surface area contributed by atoms with Crippen molar-refractivity contribution in [3.63, 3.8) is 0 Å². The fourth-order valence-electron chi connectivity index (χ4n) is 4.84. The minimum Gasteiger partial charge on any atom is -0.462 e. The van der Waals surface area contributed by atoms with E-state index in [0.717, 1.165) is 64.2 Å². The van der Waals surface area contributed by atoms with Crippen LogP contribution in [0.3, 0.4) is 0 Å². The summed E-state index contributed by atoms with van der Waals surface area (Å²) in [4.78, 5) is 34.8. The molecular weight excluding hydrogens is 705 g/mol. The molecule has 10 nitrogen and oxygen atoms in total. The molecule has 1 unspecified atom stereocenters. The molecule has 0 aliphatic rings. The van der Waals surface area contributed by atoms with E-state index in [0.29, 0.717) is 25.7 Å². The summed E-state index contributed by atoms with van der Waals surface area (Å²) in [5.41, 5.74) is 5.33. The molecular formula is C43H72NO9P. The lowest BCUT2D eigenvalue weighted by atomic mass is 10.1. The summed E-state index contributed by atoms with van der Waals surface area (Å²) < 4.78 is 32.6. The molecule has 0 aromatic heterocycles. The Kier molecular flexibility index (Phi) is 36.4. The highest BCUT2D eigenvalue weighted by Gasteiger charge is 2.25. The van der Waals surface area contributed by atoms with Gasteiger partial charge in [-0.25, -0.2) is 4.57 Å². The van der Waals surface area contributed by atoms with Crippen LogP contribution in [0.5, 0.6) is 0 Å². The number of phosphoric ester groups is 1. The second-order valence-electron chi connectivity index (χ2n) is 13.0. The highest BCUT2D eigenvalue weighted by molar-refractivity contribution is 7.47. The normalized spacial score (nSPS) is 14.8. The van der Waals surface area contributed by atoms with E-state index in [2.05, 4.69) is 56.4 Å². The Labute approximate surface area is 326 Å². The van der Waals surface area contributed by atoms with E-state index in [1.54, 1.807) is 6.08 Å². The quantitative estimate of drug-likeness (QED) is 0.0184. The maximum atomic E-state index is 12.5. The summed E-state index contributed by atoms with van der Waals surface area (Å²) >= 11 is 0. The molecule has 11 heteroatoms. The molecule has 3 atom stereocenters. The van der Waals surface area contributed by atoms with Gasteiger partial charge in [-0.2, -0.15) is 0 Å². The average Bonchev–Trinajstić information content (AvgIpc) is 3.15. The second-order valence-corrected chi connectivity index (χ2v) is 14.4. The fraction of sp³-hybridized carbons (Fsp3) is 0.628. The summed E-state index contributed by atoms with van der Waals surface area (Å²) in [7, 11) is -4.41. The molecule has 0 spiro atoms. The number of phosphoric acid groups is 1. The molecule has 0 fully saturated rings. The summed E-state index contributed by atoms with van der Waals surface area (Å²) in [6, 6.07) is 0. The number of rotatable bonds is 36. The molecule has 0 radical (unpaired) electrons. The van der Waals surface area contributed by atoms with Crippen LogP contribution < -0.4 is 5.73 Å². The SMILES string of the molecule is CC/C=C\C/C=C\C/C=C\CCCCCCCC(=O)O[C@H](COC(=O)CCC/C=C/C/C=C\C[C@H](O)/C=C\C=C/CCCCC)COP(=O)(O)OCCN. The third kappa shape index (κ3) is 37.5. The fourth-order valence-corrected chi connectivity index (χ4v) is 5.60. The molecule has 0 saturated heterocycles. The van der Waals surface area contributed by atoms with E-state index in [-0.39, 0.29) is 32.6 Å². The predicted molar refractivity (Wildman–Crippen MR) is 221 cm³/mol. The van der Waals surface area contributed by atoms with Gasteiger partial charge in [0.15, 0.2) is 6.10 Å². The predicted octanol–water partition coefficient (Wildman–Crippen LogP) is 10.2. The number of ether oxygens (including phenoxy) is 2. The van der Waals surface area contributed by atoms with Crippen LogP contribution in [-0.4, -0.2) is 60.5 Å². The molecule has 4 N–H and O–H groups in total. The highest BCUT2D eigenvalue weighted by atomic mass is 31.2. The Balaban J connectivity index is 4.40. The smallest absolute Gasteiger partial charge is 0.462 e. The number of unbranched alkanes of at least 4 members (excludes halogenated alkanes) is 9. The van der Waals surface area contributed by atoms with Crippen molar-refractivity contribution in [1.82, 2.24) is 0 Å². The maximum Gasteiger partial charge on any atom is 0.472 e. The molecule has 54 heavy (non-hydrogen) atoms. The number of carbonyl (C=O) groups is 2. The molecule has 0 saturated carbocycles. The molecule has 0 aromatic carbocycles. The number of nitrogens with two attached hydrogens (primary N) is 1. The van der Waals surface area contributed by atoms with Gasteiger partial charge in [0.1, 0.15) is 6.61 Å². The van der Waals surface area contributed by atoms with Gasteiger partial charge in [-0.1, -0.05) is 131 Å². The highest BCUT2D eigenvalue weighted by Crippen LogP contribution is 2.43. The Morgan fingerprint density at radius 1 is 0.667 bits per heavy atom. The lowest BCUT2D eigenvalue weighted by Crippen LogP contribution is -2.29. The summed E-state index contributed by atoms with van der Waals surface area (Å²) in [6.45, 7) is 3.38. The van der Waals surface area contributed by atoms with Crippen molar-refractivity contribution in [1.29, 1.82) is 0 Å². The first kappa shape index (κ1) is 51.1. The standard InChI is InChI=1S/C43H72NO9P/c1-3-5-7-9-11-12-13-14-15-16-17-18-22-27-31-35-43(47)53-41(39-52-54(48,49)51-37-36-44)38-50-42(46)34-30-26-23-19-21-25-29-33-40(45)32-28-24-20-10-8-6-4-2/h5,7,11-12,14-15,19-20,23-25,28-29,32,40-41,45H,3-4,6,8-10,13,16-18,21-22,26-27,30-31,33-39,44H2,1-2H3,(H,48,49)/b7-5-,12-11-,15-14-,23-19+,24-20-,29-25-,32-28-/t40-,41-/m1/s1. The number of hydrogen-bond donors (Lipinski definition) is 3. The number of carbonyl (C=O) groups excluding carboxylic acids is 2. The van der Waals surface area contributed by atoms with Crippen molar-refractivity contribution in [3.05, 3.63) is 85.1 Å². The zero-order valence-corrected chi connectivity index (χ0v) is 34.2. The first-order valence-corrected chi connectivity index (χ1v) is 21.7. The number of hydrogen-bond acceptors (Lipinski definition) is 9. The number of aliphatic hydroxyl groups is 1. The van der Waals surface area contributed by atoms with Crippen LogP contribution in [0.4, 0.5) is 0 Å². The molecule has 0 amide bonds. The summed E-state index contributed by atoms with van der Waals surface area (Å²) in [5.74, 6) is -0.966. The molecule has 0 aromatic rings. The van der Waals surface area contributed by atoms with Gasteiger partial charge >= 0.3 is 19.8 Å². The van der Waals surface area contributed by atoms with Crippen molar-refractivity contribution >= 4 is 19.8 Å². The third-order valence-electron chi connectivity index (χ3n) is 7.85. The third-order valence-corrected chi connectivity index (χ3v) is 8.83. The van der Waals surface area contributed by atoms with E-state index in [1.165, 1.54) is 19.3 Å². The van der Waals surface area contributed by atoms with E-state index in [4.69, 9.17) is 24.3 Å². The Hall–Kier alpha value is -2.85. The van der Waals surface area contributed by atoms with Crippen molar-refractivity contribution < 1.29 is 42.7 Å². The van der Waals surface area contributed by atoms with E-state index >= 15 is 0 Å². The first-order valence-electron chi connectivity index (χ1n) is 20.2. The van der Waals surface area contributed by atoms with Gasteiger partial charge in [-0.05, 0) is 77.0 Å². The van der Waals surface area contributed by atoms with Crippen molar-refractivity contribution in [3.8, 4) is 0 Å². The van der Waals surface area contributed by atoms with Crippen LogP contribution in [0.15, 0.2) is 85.1 Å². The number of aliphatic hydroxyl groups excluding tert-OH is 1. The topological polar surface area (TPSA) is 155 Å². The zero-order valence-electron chi connectivity index (χ0n) is 33.3. The minimum atomic E-state index is -4.41. The van der Waals surface area contributed by atoms with Gasteiger partial charge in [0.2, 0.25) is 0 Å². The van der Waals surface area contributed by atoms with Crippen LogP contribution in [-0.2, 0) is 32.7 Å². The lowest BCUT2D eigenvalue weighted by Gasteiger charge is -2.19. The van der Waals surface area contributed by atoms with Crippen molar-refractivity contribution in [2.75, 3.05) is 26.4 Å². The largest absolute Gasteiger partial charge is 0.472 e. The van der Waals surface area contributed by atoms with Gasteiger partial charge < -0.3 is 25.2 Å². The van der Waals surface area contributed by atoms with Gasteiger partial charge in [0.05, 0.1) is 19.3 Å². The zero-order chi connectivity index (χ0) is 39.8. The van der Waals surface area contributed by atoms with Gasteiger partial charge in [0.25, 0.3) is 0 Å². The lowest BCUT2D eigenvalue weighted by molar-refractivity contribution is -0.161. The molecule has 0 heterocycles. The minimum absolute atomic E-state index is 0.0288.